The Bertz CT molecular complexity index is 320. The van der Waals surface area contributed by atoms with Crippen molar-refractivity contribution < 1.29 is 20.1 Å². The van der Waals surface area contributed by atoms with Crippen LogP contribution in [-0.2, 0) is 4.74 Å². The molecule has 1 unspecified atom stereocenters. The van der Waals surface area contributed by atoms with Gasteiger partial charge in [-0.15, -0.1) is 0 Å². The molecule has 7 nitrogen and oxygen atoms in total. The second kappa shape index (κ2) is 4.61. The summed E-state index contributed by atoms with van der Waals surface area (Å²) in [6.07, 6.45) is -5.14. The van der Waals surface area contributed by atoms with Crippen LogP contribution in [0.3, 0.4) is 0 Å². The number of allylic oxidation sites excluding steroid dienone is 1. The molecular weight excluding hydrogens is 202 g/mol. The highest BCUT2D eigenvalue weighted by molar-refractivity contribution is 5.18. The van der Waals surface area contributed by atoms with Crippen molar-refractivity contribution >= 4 is 0 Å². The first-order chi connectivity index (χ1) is 6.99. The molecule has 15 heavy (non-hydrogen) atoms. The molecular formula is C8H13N3O4. The fraction of sp³-hybridized carbons (Fsp3) is 0.750. The van der Waals surface area contributed by atoms with Crippen molar-refractivity contribution in [2.24, 2.45) is 5.11 Å². The summed E-state index contributed by atoms with van der Waals surface area (Å²) in [6.45, 7) is 3.36. The summed E-state index contributed by atoms with van der Waals surface area (Å²) in [5.74, 6) is 0. The van der Waals surface area contributed by atoms with E-state index in [0.29, 0.717) is 5.57 Å². The average Bonchev–Trinajstić information content (AvgIpc) is 2.42. The van der Waals surface area contributed by atoms with E-state index in [1.807, 2.05) is 0 Å². The Morgan fingerprint density at radius 2 is 1.87 bits per heavy atom. The summed E-state index contributed by atoms with van der Waals surface area (Å²) in [4.78, 5) is 2.60. The van der Waals surface area contributed by atoms with Gasteiger partial charge in [-0.3, -0.25) is 0 Å². The van der Waals surface area contributed by atoms with E-state index in [0.717, 1.165) is 0 Å². The van der Waals surface area contributed by atoms with Crippen LogP contribution >= 0.6 is 0 Å². The summed E-state index contributed by atoms with van der Waals surface area (Å²) in [5.41, 5.74) is 9.16. The first-order valence-corrected chi connectivity index (χ1v) is 4.41. The van der Waals surface area contributed by atoms with Crippen molar-refractivity contribution in [2.45, 2.75) is 38.4 Å². The number of rotatable bonds is 2. The van der Waals surface area contributed by atoms with Crippen molar-refractivity contribution in [2.75, 3.05) is 0 Å². The lowest BCUT2D eigenvalue weighted by Crippen LogP contribution is -2.33. The van der Waals surface area contributed by atoms with Crippen LogP contribution in [0.2, 0.25) is 0 Å². The highest BCUT2D eigenvalue weighted by atomic mass is 16.6. The lowest BCUT2D eigenvalue weighted by atomic mass is 10.1. The summed E-state index contributed by atoms with van der Waals surface area (Å²) in [7, 11) is 0. The Labute approximate surface area is 86.2 Å². The van der Waals surface area contributed by atoms with E-state index in [4.69, 9.17) is 15.4 Å². The molecule has 0 aromatic rings. The lowest BCUT2D eigenvalue weighted by molar-refractivity contribution is -0.121. The Morgan fingerprint density at radius 1 is 1.27 bits per heavy atom. The summed E-state index contributed by atoms with van der Waals surface area (Å²) in [5, 5.41) is 31.3. The van der Waals surface area contributed by atoms with Crippen molar-refractivity contribution in [3.8, 4) is 0 Å². The molecule has 0 radical (unpaired) electrons. The molecule has 7 heteroatoms. The minimum absolute atomic E-state index is 0.181. The Hall–Kier alpha value is -1.11. The van der Waals surface area contributed by atoms with Gasteiger partial charge in [0.2, 0.25) is 0 Å². The molecule has 0 spiro atoms. The van der Waals surface area contributed by atoms with Crippen LogP contribution in [-0.4, -0.2) is 39.9 Å². The third-order valence-corrected chi connectivity index (χ3v) is 2.17. The van der Waals surface area contributed by atoms with Gasteiger partial charge >= 0.3 is 0 Å². The predicted molar refractivity (Wildman–Crippen MR) is 50.4 cm³/mol. The number of ether oxygens (including phenoxy) is 1. The number of nitrogens with zero attached hydrogens (tertiary/aromatic N) is 3. The second-order valence-corrected chi connectivity index (χ2v) is 3.50. The van der Waals surface area contributed by atoms with Crippen molar-refractivity contribution in [3.63, 3.8) is 0 Å². The number of aliphatic hydroxyl groups excluding tert-OH is 3. The number of aliphatic hydroxyl groups is 3. The average molecular weight is 215 g/mol. The molecule has 1 aliphatic heterocycles. The molecule has 1 aliphatic rings. The van der Waals surface area contributed by atoms with Gasteiger partial charge in [-0.25, -0.2) is 0 Å². The molecule has 1 rings (SSSR count). The first-order valence-electron chi connectivity index (χ1n) is 4.41. The van der Waals surface area contributed by atoms with Crippen LogP contribution in [0.1, 0.15) is 13.8 Å². The molecule has 0 saturated carbocycles. The van der Waals surface area contributed by atoms with Gasteiger partial charge in [0, 0.05) is 10.6 Å². The monoisotopic (exact) mass is 215 g/mol. The standard InChI is InChI=1S/C8H13N3O4/c1-3(2)4(10-11-9)7-5(12)6(13)8(14)15-7/h5-8,12-14H,1-2H3/t5-,6+,7+,8?/m0/s1. The van der Waals surface area contributed by atoms with E-state index in [9.17, 15) is 10.2 Å². The molecule has 1 heterocycles. The second-order valence-electron chi connectivity index (χ2n) is 3.50. The zero-order valence-corrected chi connectivity index (χ0v) is 8.40. The maximum absolute atomic E-state index is 9.52. The van der Waals surface area contributed by atoms with Crippen LogP contribution in [0.25, 0.3) is 10.4 Å². The summed E-state index contributed by atoms with van der Waals surface area (Å²) >= 11 is 0. The van der Waals surface area contributed by atoms with Crippen LogP contribution in [0.4, 0.5) is 0 Å². The van der Waals surface area contributed by atoms with Gasteiger partial charge in [-0.05, 0) is 19.4 Å². The van der Waals surface area contributed by atoms with Gasteiger partial charge in [0.05, 0.1) is 0 Å². The Balaban J connectivity index is 2.98. The van der Waals surface area contributed by atoms with E-state index >= 15 is 0 Å². The van der Waals surface area contributed by atoms with Crippen LogP contribution in [0.15, 0.2) is 16.4 Å². The van der Waals surface area contributed by atoms with E-state index in [2.05, 4.69) is 10.0 Å². The SMILES string of the molecule is CC(C)=C(N=[N+]=[N-])[C@H]1OC(O)[C@H](O)[C@@H]1O. The van der Waals surface area contributed by atoms with Gasteiger partial charge in [-0.1, -0.05) is 10.7 Å². The number of hydrogen-bond donors (Lipinski definition) is 3. The molecule has 0 aromatic carbocycles. The molecule has 1 fully saturated rings. The molecule has 1 saturated heterocycles. The fourth-order valence-electron chi connectivity index (χ4n) is 1.37. The minimum atomic E-state index is -1.46. The van der Waals surface area contributed by atoms with Gasteiger partial charge < -0.3 is 20.1 Å². The Morgan fingerprint density at radius 3 is 2.20 bits per heavy atom. The van der Waals surface area contributed by atoms with Gasteiger partial charge in [0.25, 0.3) is 0 Å². The predicted octanol–water partition coefficient (Wildman–Crippen LogP) is 0.0296. The van der Waals surface area contributed by atoms with Crippen molar-refractivity contribution in [1.82, 2.24) is 0 Å². The molecule has 0 aliphatic carbocycles. The largest absolute Gasteiger partial charge is 0.387 e. The summed E-state index contributed by atoms with van der Waals surface area (Å²) in [6, 6.07) is 0. The van der Waals surface area contributed by atoms with Gasteiger partial charge in [-0.2, -0.15) is 0 Å². The topological polar surface area (TPSA) is 119 Å². The Kier molecular flexibility index (Phi) is 3.67. The van der Waals surface area contributed by atoms with E-state index < -0.39 is 24.6 Å². The maximum Gasteiger partial charge on any atom is 0.184 e. The molecule has 4 atom stereocenters. The van der Waals surface area contributed by atoms with Crippen LogP contribution < -0.4 is 0 Å². The maximum atomic E-state index is 9.52. The van der Waals surface area contributed by atoms with E-state index in [1.54, 1.807) is 13.8 Å². The van der Waals surface area contributed by atoms with Gasteiger partial charge in [0.1, 0.15) is 18.3 Å². The first kappa shape index (κ1) is 12.0. The van der Waals surface area contributed by atoms with E-state index in [-0.39, 0.29) is 5.70 Å². The highest BCUT2D eigenvalue weighted by Crippen LogP contribution is 2.27. The number of hydrogen-bond acceptors (Lipinski definition) is 5. The smallest absolute Gasteiger partial charge is 0.184 e. The zero-order chi connectivity index (χ0) is 11.6. The van der Waals surface area contributed by atoms with E-state index in [1.165, 1.54) is 0 Å². The normalized spacial score (nSPS) is 34.7. The molecule has 0 amide bonds. The third-order valence-electron chi connectivity index (χ3n) is 2.17. The van der Waals surface area contributed by atoms with Crippen molar-refractivity contribution in [3.05, 3.63) is 21.7 Å². The minimum Gasteiger partial charge on any atom is -0.387 e. The quantitative estimate of drug-likeness (QED) is 0.342. The number of azide groups is 1. The highest BCUT2D eigenvalue weighted by Gasteiger charge is 2.43. The molecule has 84 valence electrons. The van der Waals surface area contributed by atoms with Crippen molar-refractivity contribution in [1.29, 1.82) is 0 Å². The molecule has 0 aromatic heterocycles. The van der Waals surface area contributed by atoms with Crippen LogP contribution in [0.5, 0.6) is 0 Å². The van der Waals surface area contributed by atoms with Crippen LogP contribution in [0, 0.1) is 0 Å². The fourth-order valence-corrected chi connectivity index (χ4v) is 1.37. The molecule has 0 bridgehead atoms. The van der Waals surface area contributed by atoms with Gasteiger partial charge in [0.15, 0.2) is 6.29 Å². The summed E-state index contributed by atoms with van der Waals surface area (Å²) < 4.78 is 4.89. The zero-order valence-electron chi connectivity index (χ0n) is 8.40. The third kappa shape index (κ3) is 2.28. The lowest BCUT2D eigenvalue weighted by Gasteiger charge is -2.15. The molecule has 3 N–H and O–H groups in total.